The fraction of sp³-hybridized carbons (Fsp3) is 0.167. The molecule has 0 saturated carbocycles. The fourth-order valence-corrected chi connectivity index (χ4v) is 4.82. The molecule has 0 aliphatic rings. The Labute approximate surface area is 191 Å². The zero-order valence-electron chi connectivity index (χ0n) is 17.6. The van der Waals surface area contributed by atoms with Gasteiger partial charge in [0, 0.05) is 45.2 Å². The molecule has 32 heavy (non-hydrogen) atoms. The first-order valence-corrected chi connectivity index (χ1v) is 12.2. The Bertz CT molecular complexity index is 1410. The van der Waals surface area contributed by atoms with E-state index in [9.17, 15) is 13.2 Å². The highest BCUT2D eigenvalue weighted by atomic mass is 35.5. The molecule has 2 N–H and O–H groups in total. The van der Waals surface area contributed by atoms with Crippen molar-refractivity contribution in [3.8, 4) is 11.1 Å². The summed E-state index contributed by atoms with van der Waals surface area (Å²) in [7, 11) is -3.45. The van der Waals surface area contributed by atoms with Crippen molar-refractivity contribution in [3.05, 3.63) is 82.6 Å². The van der Waals surface area contributed by atoms with Gasteiger partial charge in [0.25, 0.3) is 0 Å². The fourth-order valence-electron chi connectivity index (χ4n) is 3.57. The standard InChI is InChI=1S/C24H22ClN3O3S/c1-3-10-32(30,31)28-19-9-4-15(2)20(12-19)23(29)22-14-27-24-21(22)11-17(13-26-24)16-5-7-18(25)8-6-16/h4-9,11-14,28H,3,10H2,1-2H3,(H,26,27). The van der Waals surface area contributed by atoms with E-state index in [0.29, 0.717) is 39.3 Å². The Kier molecular flexibility index (Phi) is 6.04. The first kappa shape index (κ1) is 22.0. The molecule has 2 aromatic heterocycles. The lowest BCUT2D eigenvalue weighted by Crippen LogP contribution is -2.16. The molecule has 2 aromatic carbocycles. The van der Waals surface area contributed by atoms with Crippen LogP contribution in [0.3, 0.4) is 0 Å². The first-order chi connectivity index (χ1) is 15.3. The van der Waals surface area contributed by atoms with E-state index in [0.717, 1.165) is 16.7 Å². The summed E-state index contributed by atoms with van der Waals surface area (Å²) in [6.45, 7) is 3.62. The van der Waals surface area contributed by atoms with Crippen LogP contribution in [0.25, 0.3) is 22.2 Å². The van der Waals surface area contributed by atoms with Crippen molar-refractivity contribution in [1.29, 1.82) is 0 Å². The maximum atomic E-state index is 13.4. The summed E-state index contributed by atoms with van der Waals surface area (Å²) in [6, 6.07) is 14.3. The first-order valence-electron chi connectivity index (χ1n) is 10.2. The van der Waals surface area contributed by atoms with Gasteiger partial charge in [0.15, 0.2) is 5.78 Å². The number of rotatable bonds is 7. The maximum absolute atomic E-state index is 13.4. The average molecular weight is 468 g/mol. The number of H-pyrrole nitrogens is 1. The smallest absolute Gasteiger partial charge is 0.232 e. The molecule has 0 spiro atoms. The molecule has 0 unspecified atom stereocenters. The van der Waals surface area contributed by atoms with E-state index in [1.165, 1.54) is 0 Å². The van der Waals surface area contributed by atoms with Crippen LogP contribution in [-0.2, 0) is 10.0 Å². The number of carbonyl (C=O) groups excluding carboxylic acids is 1. The Morgan fingerprint density at radius 3 is 2.53 bits per heavy atom. The molecule has 2 heterocycles. The molecule has 0 saturated heterocycles. The molecule has 0 atom stereocenters. The van der Waals surface area contributed by atoms with Gasteiger partial charge >= 0.3 is 0 Å². The molecule has 0 radical (unpaired) electrons. The van der Waals surface area contributed by atoms with Crippen LogP contribution in [0.5, 0.6) is 0 Å². The summed E-state index contributed by atoms with van der Waals surface area (Å²) in [6.07, 6.45) is 3.88. The molecule has 0 aliphatic carbocycles. The molecule has 0 fully saturated rings. The molecule has 164 valence electrons. The van der Waals surface area contributed by atoms with Gasteiger partial charge < -0.3 is 4.98 Å². The Hall–Kier alpha value is -3.16. The van der Waals surface area contributed by atoms with E-state index in [2.05, 4.69) is 14.7 Å². The summed E-state index contributed by atoms with van der Waals surface area (Å²) in [5, 5.41) is 1.34. The molecule has 4 rings (SSSR count). The molecule has 0 bridgehead atoms. The van der Waals surface area contributed by atoms with Crippen LogP contribution >= 0.6 is 11.6 Å². The van der Waals surface area contributed by atoms with Gasteiger partial charge in [0.2, 0.25) is 10.0 Å². The number of pyridine rings is 1. The van der Waals surface area contributed by atoms with Crippen molar-refractivity contribution in [2.75, 3.05) is 10.5 Å². The van der Waals surface area contributed by atoms with Crippen molar-refractivity contribution < 1.29 is 13.2 Å². The average Bonchev–Trinajstić information content (AvgIpc) is 3.18. The third-order valence-electron chi connectivity index (χ3n) is 5.18. The summed E-state index contributed by atoms with van der Waals surface area (Å²) in [4.78, 5) is 20.9. The van der Waals surface area contributed by atoms with Gasteiger partial charge in [-0.2, -0.15) is 0 Å². The normalized spacial score (nSPS) is 11.6. The van der Waals surface area contributed by atoms with E-state index >= 15 is 0 Å². The van der Waals surface area contributed by atoms with Crippen LogP contribution in [0, 0.1) is 6.92 Å². The predicted octanol–water partition coefficient (Wildman–Crippen LogP) is 5.57. The number of sulfonamides is 1. The van der Waals surface area contributed by atoms with Crippen LogP contribution in [0.15, 0.2) is 60.9 Å². The van der Waals surface area contributed by atoms with Crippen molar-refractivity contribution in [1.82, 2.24) is 9.97 Å². The minimum atomic E-state index is -3.45. The molecule has 0 aliphatic heterocycles. The molecule has 6 nitrogen and oxygen atoms in total. The minimum absolute atomic E-state index is 0.0196. The molecule has 4 aromatic rings. The summed E-state index contributed by atoms with van der Waals surface area (Å²) >= 11 is 5.99. The van der Waals surface area contributed by atoms with E-state index in [1.54, 1.807) is 49.6 Å². The van der Waals surface area contributed by atoms with Crippen LogP contribution in [0.2, 0.25) is 5.02 Å². The SMILES string of the molecule is CCCS(=O)(=O)Nc1ccc(C)c(C(=O)c2c[nH]c3ncc(-c4ccc(Cl)cc4)cc23)c1. The van der Waals surface area contributed by atoms with Crippen LogP contribution < -0.4 is 4.72 Å². The largest absolute Gasteiger partial charge is 0.345 e. The lowest BCUT2D eigenvalue weighted by atomic mass is 9.97. The number of hydrogen-bond donors (Lipinski definition) is 2. The summed E-state index contributed by atoms with van der Waals surface area (Å²) < 4.78 is 26.8. The molecule has 8 heteroatoms. The number of aryl methyl sites for hydroxylation is 1. The second-order valence-corrected chi connectivity index (χ2v) is 9.89. The maximum Gasteiger partial charge on any atom is 0.232 e. The third kappa shape index (κ3) is 4.54. The van der Waals surface area contributed by atoms with Gasteiger partial charge in [-0.15, -0.1) is 0 Å². The number of nitrogens with zero attached hydrogens (tertiary/aromatic N) is 1. The Balaban J connectivity index is 1.73. The summed E-state index contributed by atoms with van der Waals surface area (Å²) in [5.41, 5.74) is 4.42. The van der Waals surface area contributed by atoms with Crippen LogP contribution in [0.1, 0.15) is 34.8 Å². The lowest BCUT2D eigenvalue weighted by molar-refractivity contribution is 0.103. The second-order valence-electron chi connectivity index (χ2n) is 7.61. The van der Waals surface area contributed by atoms with Gasteiger partial charge in [-0.3, -0.25) is 9.52 Å². The monoisotopic (exact) mass is 467 g/mol. The zero-order valence-corrected chi connectivity index (χ0v) is 19.2. The van der Waals surface area contributed by atoms with Gasteiger partial charge in [-0.05, 0) is 54.8 Å². The minimum Gasteiger partial charge on any atom is -0.345 e. The summed E-state index contributed by atoms with van der Waals surface area (Å²) in [5.74, 6) is -0.188. The lowest BCUT2D eigenvalue weighted by Gasteiger charge is -2.11. The number of aromatic amines is 1. The number of halogens is 1. The number of benzene rings is 2. The van der Waals surface area contributed by atoms with Crippen LogP contribution in [0.4, 0.5) is 5.69 Å². The molecule has 0 amide bonds. The number of anilines is 1. The Morgan fingerprint density at radius 2 is 1.81 bits per heavy atom. The molecular weight excluding hydrogens is 446 g/mol. The Morgan fingerprint density at radius 1 is 1.06 bits per heavy atom. The highest BCUT2D eigenvalue weighted by molar-refractivity contribution is 7.92. The number of aromatic nitrogens is 2. The number of fused-ring (bicyclic) bond motifs is 1. The number of hydrogen-bond acceptors (Lipinski definition) is 4. The number of nitrogens with one attached hydrogen (secondary N) is 2. The number of carbonyl (C=O) groups is 1. The van der Waals surface area contributed by atoms with Gasteiger partial charge in [-0.1, -0.05) is 36.7 Å². The van der Waals surface area contributed by atoms with E-state index in [4.69, 9.17) is 11.6 Å². The van der Waals surface area contributed by atoms with Gasteiger partial charge in [-0.25, -0.2) is 13.4 Å². The third-order valence-corrected chi connectivity index (χ3v) is 6.93. The van der Waals surface area contributed by atoms with Crippen molar-refractivity contribution >= 4 is 44.1 Å². The van der Waals surface area contributed by atoms with Crippen molar-refractivity contribution in [2.24, 2.45) is 0 Å². The predicted molar refractivity (Wildman–Crippen MR) is 129 cm³/mol. The highest BCUT2D eigenvalue weighted by Crippen LogP contribution is 2.28. The second kappa shape index (κ2) is 8.76. The quantitative estimate of drug-likeness (QED) is 0.347. The topological polar surface area (TPSA) is 91.9 Å². The van der Waals surface area contributed by atoms with E-state index in [-0.39, 0.29) is 11.5 Å². The van der Waals surface area contributed by atoms with E-state index in [1.807, 2.05) is 25.1 Å². The number of ketones is 1. The highest BCUT2D eigenvalue weighted by Gasteiger charge is 2.19. The van der Waals surface area contributed by atoms with Gasteiger partial charge in [0.05, 0.1) is 5.75 Å². The van der Waals surface area contributed by atoms with Crippen molar-refractivity contribution in [3.63, 3.8) is 0 Å². The van der Waals surface area contributed by atoms with E-state index < -0.39 is 10.0 Å². The molecular formula is C24H22ClN3O3S. The zero-order chi connectivity index (χ0) is 22.9. The van der Waals surface area contributed by atoms with Crippen LogP contribution in [-0.4, -0.2) is 29.9 Å². The van der Waals surface area contributed by atoms with Crippen molar-refractivity contribution in [2.45, 2.75) is 20.3 Å². The van der Waals surface area contributed by atoms with Gasteiger partial charge in [0.1, 0.15) is 5.65 Å².